The van der Waals surface area contributed by atoms with Crippen LogP contribution in [0.4, 0.5) is 5.13 Å². The van der Waals surface area contributed by atoms with Gasteiger partial charge in [0.1, 0.15) is 5.75 Å². The van der Waals surface area contributed by atoms with Crippen LogP contribution in [-0.4, -0.2) is 57.1 Å². The van der Waals surface area contributed by atoms with Gasteiger partial charge in [-0.15, -0.1) is 0 Å². The number of thiazole rings is 1. The Morgan fingerprint density at radius 1 is 1.00 bits per heavy atom. The fourth-order valence-electron chi connectivity index (χ4n) is 3.19. The van der Waals surface area contributed by atoms with Gasteiger partial charge in [0.15, 0.2) is 15.0 Å². The Labute approximate surface area is 182 Å². The normalized spacial score (nSPS) is 11.9. The summed E-state index contributed by atoms with van der Waals surface area (Å²) in [7, 11) is 0.212. The van der Waals surface area contributed by atoms with Gasteiger partial charge in [0, 0.05) is 6.54 Å². The van der Waals surface area contributed by atoms with Gasteiger partial charge in [0.2, 0.25) is 5.91 Å². The molecule has 0 aliphatic heterocycles. The Hall–Kier alpha value is -2.29. The average molecular weight is 446 g/mol. The molecule has 30 heavy (non-hydrogen) atoms. The molecule has 0 saturated heterocycles. The van der Waals surface area contributed by atoms with E-state index >= 15 is 0 Å². The van der Waals surface area contributed by atoms with Crippen LogP contribution < -0.4 is 4.90 Å². The Kier molecular flexibility index (Phi) is 6.90. The van der Waals surface area contributed by atoms with E-state index < -0.39 is 21.5 Å². The molecule has 1 heterocycles. The number of rotatable bonds is 8. The van der Waals surface area contributed by atoms with E-state index in [9.17, 15) is 13.2 Å². The van der Waals surface area contributed by atoms with Crippen molar-refractivity contribution in [1.29, 1.82) is 0 Å². The van der Waals surface area contributed by atoms with Gasteiger partial charge in [-0.3, -0.25) is 9.69 Å². The number of sulfone groups is 1. The van der Waals surface area contributed by atoms with Gasteiger partial charge in [-0.05, 0) is 64.2 Å². The van der Waals surface area contributed by atoms with Crippen molar-refractivity contribution in [2.45, 2.75) is 25.2 Å². The molecule has 6 nitrogen and oxygen atoms in total. The molecular formula is C22H27N3O3S2. The summed E-state index contributed by atoms with van der Waals surface area (Å²) in [5.41, 5.74) is 3.00. The van der Waals surface area contributed by atoms with Crippen LogP contribution >= 0.6 is 11.3 Å². The molecule has 1 amide bonds. The minimum atomic E-state index is -3.73. The first-order valence-corrected chi connectivity index (χ1v) is 12.3. The number of carbonyl (C=O) groups excluding carboxylic acids is 1. The standard InChI is InChI=1S/C22H27N3O3S2/c1-16-11-12-17(2)21-20(16)23-22(29-21)25(14-8-13-24(3)4)19(26)15-30(27,28)18-9-6-5-7-10-18/h5-7,9-12H,8,13-15H2,1-4H3. The first-order valence-electron chi connectivity index (χ1n) is 9.78. The van der Waals surface area contributed by atoms with E-state index in [0.717, 1.165) is 34.3 Å². The number of amides is 1. The van der Waals surface area contributed by atoms with Crippen LogP contribution in [0.5, 0.6) is 0 Å². The maximum absolute atomic E-state index is 13.2. The van der Waals surface area contributed by atoms with Crippen molar-refractivity contribution in [3.8, 4) is 0 Å². The molecule has 0 bridgehead atoms. The van der Waals surface area contributed by atoms with Crippen LogP contribution in [0.1, 0.15) is 17.5 Å². The number of benzene rings is 2. The zero-order valence-electron chi connectivity index (χ0n) is 17.8. The molecule has 0 saturated carbocycles. The summed E-state index contributed by atoms with van der Waals surface area (Å²) in [6.45, 7) is 5.21. The Morgan fingerprint density at radius 3 is 2.30 bits per heavy atom. The smallest absolute Gasteiger partial charge is 0.244 e. The molecule has 0 fully saturated rings. The third-order valence-electron chi connectivity index (χ3n) is 4.87. The molecule has 0 radical (unpaired) electrons. The lowest BCUT2D eigenvalue weighted by molar-refractivity contribution is -0.116. The second-order valence-electron chi connectivity index (χ2n) is 7.65. The first-order chi connectivity index (χ1) is 14.2. The molecule has 160 valence electrons. The molecule has 1 aromatic heterocycles. The third-order valence-corrected chi connectivity index (χ3v) is 7.70. The quantitative estimate of drug-likeness (QED) is 0.529. The minimum absolute atomic E-state index is 0.155. The van der Waals surface area contributed by atoms with Crippen molar-refractivity contribution in [3.05, 3.63) is 53.6 Å². The maximum atomic E-state index is 13.2. The highest BCUT2D eigenvalue weighted by Crippen LogP contribution is 2.33. The molecular weight excluding hydrogens is 418 g/mol. The zero-order chi connectivity index (χ0) is 21.9. The van der Waals surface area contributed by atoms with Crippen molar-refractivity contribution in [2.24, 2.45) is 0 Å². The largest absolute Gasteiger partial charge is 0.309 e. The topological polar surface area (TPSA) is 70.6 Å². The van der Waals surface area contributed by atoms with E-state index in [1.165, 1.54) is 28.4 Å². The van der Waals surface area contributed by atoms with E-state index in [0.29, 0.717) is 11.7 Å². The minimum Gasteiger partial charge on any atom is -0.309 e. The van der Waals surface area contributed by atoms with Gasteiger partial charge < -0.3 is 4.90 Å². The highest BCUT2D eigenvalue weighted by molar-refractivity contribution is 7.92. The predicted molar refractivity (Wildman–Crippen MR) is 123 cm³/mol. The Balaban J connectivity index is 1.93. The predicted octanol–water partition coefficient (Wildman–Crippen LogP) is 3.67. The van der Waals surface area contributed by atoms with Gasteiger partial charge >= 0.3 is 0 Å². The summed E-state index contributed by atoms with van der Waals surface area (Å²) >= 11 is 1.44. The summed E-state index contributed by atoms with van der Waals surface area (Å²) in [4.78, 5) is 21.6. The number of aryl methyl sites for hydroxylation is 2. The number of hydrogen-bond donors (Lipinski definition) is 0. The van der Waals surface area contributed by atoms with E-state index in [-0.39, 0.29) is 4.90 Å². The monoisotopic (exact) mass is 445 g/mol. The fraction of sp³-hybridized carbons (Fsp3) is 0.364. The van der Waals surface area contributed by atoms with Crippen molar-refractivity contribution in [2.75, 3.05) is 37.8 Å². The maximum Gasteiger partial charge on any atom is 0.244 e. The molecule has 3 rings (SSSR count). The van der Waals surface area contributed by atoms with Crippen LogP contribution in [0.15, 0.2) is 47.4 Å². The van der Waals surface area contributed by atoms with Crippen molar-refractivity contribution in [3.63, 3.8) is 0 Å². The van der Waals surface area contributed by atoms with E-state index in [2.05, 4.69) is 0 Å². The molecule has 2 aromatic carbocycles. The molecule has 0 unspecified atom stereocenters. The van der Waals surface area contributed by atoms with Crippen molar-refractivity contribution < 1.29 is 13.2 Å². The van der Waals surface area contributed by atoms with E-state index in [4.69, 9.17) is 4.98 Å². The van der Waals surface area contributed by atoms with Gasteiger partial charge in [-0.25, -0.2) is 13.4 Å². The SMILES string of the molecule is Cc1ccc(C)c2sc(N(CCCN(C)C)C(=O)CS(=O)(=O)c3ccccc3)nc12. The zero-order valence-corrected chi connectivity index (χ0v) is 19.4. The van der Waals surface area contributed by atoms with Gasteiger partial charge in [-0.1, -0.05) is 41.7 Å². The lowest BCUT2D eigenvalue weighted by atomic mass is 10.1. The highest BCUT2D eigenvalue weighted by Gasteiger charge is 2.26. The lowest BCUT2D eigenvalue weighted by Crippen LogP contribution is -2.37. The number of aromatic nitrogens is 1. The summed E-state index contributed by atoms with van der Waals surface area (Å²) in [6, 6.07) is 12.2. The molecule has 0 aliphatic carbocycles. The average Bonchev–Trinajstić information content (AvgIpc) is 3.14. The number of carbonyl (C=O) groups is 1. The van der Waals surface area contributed by atoms with Crippen LogP contribution in [0.3, 0.4) is 0 Å². The van der Waals surface area contributed by atoms with Gasteiger partial charge in [0.05, 0.1) is 15.1 Å². The number of nitrogens with zero attached hydrogens (tertiary/aromatic N) is 3. The summed E-state index contributed by atoms with van der Waals surface area (Å²) in [5.74, 6) is -1.03. The summed E-state index contributed by atoms with van der Waals surface area (Å²) in [5, 5.41) is 0.550. The molecule has 0 spiro atoms. The van der Waals surface area contributed by atoms with Crippen LogP contribution in [0.2, 0.25) is 0 Å². The summed E-state index contributed by atoms with van der Waals surface area (Å²) < 4.78 is 26.6. The van der Waals surface area contributed by atoms with Gasteiger partial charge in [-0.2, -0.15) is 0 Å². The van der Waals surface area contributed by atoms with Crippen LogP contribution in [0.25, 0.3) is 10.2 Å². The molecule has 0 N–H and O–H groups in total. The van der Waals surface area contributed by atoms with Gasteiger partial charge in [0.25, 0.3) is 0 Å². The number of fused-ring (bicyclic) bond motifs is 1. The Bertz CT molecular complexity index is 1100. The number of hydrogen-bond acceptors (Lipinski definition) is 6. The van der Waals surface area contributed by atoms with Crippen LogP contribution in [-0.2, 0) is 14.6 Å². The van der Waals surface area contributed by atoms with E-state index in [1.807, 2.05) is 45.0 Å². The summed E-state index contributed by atoms with van der Waals surface area (Å²) in [6.07, 6.45) is 0.720. The second kappa shape index (κ2) is 9.24. The highest BCUT2D eigenvalue weighted by atomic mass is 32.2. The molecule has 0 atom stereocenters. The van der Waals surface area contributed by atoms with Crippen LogP contribution in [0, 0.1) is 13.8 Å². The fourth-order valence-corrected chi connectivity index (χ4v) is 5.56. The Morgan fingerprint density at radius 2 is 1.67 bits per heavy atom. The van der Waals surface area contributed by atoms with E-state index in [1.54, 1.807) is 18.2 Å². The van der Waals surface area contributed by atoms with Crippen molar-refractivity contribution >= 4 is 42.4 Å². The molecule has 3 aromatic rings. The van der Waals surface area contributed by atoms with Crippen molar-refractivity contribution in [1.82, 2.24) is 9.88 Å². The third kappa shape index (κ3) is 5.06. The second-order valence-corrected chi connectivity index (χ2v) is 10.6. The first kappa shape index (κ1) is 22.4. The molecule has 0 aliphatic rings. The molecule has 8 heteroatoms. The lowest BCUT2D eigenvalue weighted by Gasteiger charge is -2.21. The number of anilines is 1.